The number of hydrogen-bond donors (Lipinski definition) is 1. The number of nitrogens with zero attached hydrogens (tertiary/aromatic N) is 1. The third-order valence-electron chi connectivity index (χ3n) is 2.89. The van der Waals surface area contributed by atoms with Gasteiger partial charge in [0.1, 0.15) is 0 Å². The molecule has 1 N–H and O–H groups in total. The number of hydrogen-bond acceptors (Lipinski definition) is 3. The summed E-state index contributed by atoms with van der Waals surface area (Å²) in [4.78, 5) is 13.8. The van der Waals surface area contributed by atoms with Crippen molar-refractivity contribution in [2.45, 2.75) is 26.2 Å². The van der Waals surface area contributed by atoms with Crippen molar-refractivity contribution in [1.82, 2.24) is 4.90 Å². The number of rotatable bonds is 6. The van der Waals surface area contributed by atoms with Crippen LogP contribution in [0.2, 0.25) is 0 Å². The van der Waals surface area contributed by atoms with Gasteiger partial charge in [-0.2, -0.15) is 0 Å². The van der Waals surface area contributed by atoms with E-state index >= 15 is 0 Å². The monoisotopic (exact) mass is 251 g/mol. The Hall–Kier alpha value is -1.71. The van der Waals surface area contributed by atoms with Crippen molar-refractivity contribution in [2.75, 3.05) is 20.7 Å². The number of aromatic hydroxyl groups is 1. The molecule has 0 spiro atoms. The van der Waals surface area contributed by atoms with Gasteiger partial charge in [-0.15, -0.1) is 0 Å². The molecule has 0 aliphatic rings. The van der Waals surface area contributed by atoms with Crippen LogP contribution in [0.25, 0.3) is 0 Å². The van der Waals surface area contributed by atoms with E-state index in [2.05, 4.69) is 6.92 Å². The molecule has 0 radical (unpaired) electrons. The summed E-state index contributed by atoms with van der Waals surface area (Å²) in [5.41, 5.74) is 0.286. The molecule has 0 heterocycles. The predicted molar refractivity (Wildman–Crippen MR) is 71.1 cm³/mol. The van der Waals surface area contributed by atoms with E-state index in [1.165, 1.54) is 7.11 Å². The minimum Gasteiger partial charge on any atom is -0.504 e. The average Bonchev–Trinajstić information content (AvgIpc) is 2.38. The summed E-state index contributed by atoms with van der Waals surface area (Å²) >= 11 is 0. The van der Waals surface area contributed by atoms with Crippen LogP contribution in [0.15, 0.2) is 18.2 Å². The van der Waals surface area contributed by atoms with Gasteiger partial charge in [0, 0.05) is 13.6 Å². The lowest BCUT2D eigenvalue weighted by Gasteiger charge is -2.18. The third-order valence-corrected chi connectivity index (χ3v) is 2.89. The Morgan fingerprint density at radius 1 is 1.39 bits per heavy atom. The molecule has 4 heteroatoms. The van der Waals surface area contributed by atoms with Crippen LogP contribution in [0.5, 0.6) is 11.5 Å². The van der Waals surface area contributed by atoms with Gasteiger partial charge in [-0.25, -0.2) is 0 Å². The molecule has 0 aliphatic carbocycles. The van der Waals surface area contributed by atoms with Gasteiger partial charge in [0.2, 0.25) is 0 Å². The first-order valence-electron chi connectivity index (χ1n) is 6.23. The zero-order valence-electron chi connectivity index (χ0n) is 11.3. The normalized spacial score (nSPS) is 10.2. The van der Waals surface area contributed by atoms with Crippen LogP contribution in [-0.4, -0.2) is 36.6 Å². The van der Waals surface area contributed by atoms with Gasteiger partial charge in [0.25, 0.3) is 5.91 Å². The second-order valence-corrected chi connectivity index (χ2v) is 4.29. The number of carbonyl (C=O) groups is 1. The van der Waals surface area contributed by atoms with E-state index in [0.29, 0.717) is 12.3 Å². The van der Waals surface area contributed by atoms with Gasteiger partial charge < -0.3 is 14.7 Å². The largest absolute Gasteiger partial charge is 0.504 e. The van der Waals surface area contributed by atoms with Crippen LogP contribution >= 0.6 is 0 Å². The van der Waals surface area contributed by atoms with E-state index in [4.69, 9.17) is 4.74 Å². The van der Waals surface area contributed by atoms with Crippen molar-refractivity contribution >= 4 is 5.91 Å². The topological polar surface area (TPSA) is 49.8 Å². The summed E-state index contributed by atoms with van der Waals surface area (Å²) in [6.45, 7) is 2.82. The third kappa shape index (κ3) is 3.39. The summed E-state index contributed by atoms with van der Waals surface area (Å²) in [5.74, 6) is 0.0534. The molecule has 100 valence electrons. The Balaban J connectivity index is 2.77. The fourth-order valence-corrected chi connectivity index (χ4v) is 1.77. The molecular formula is C14H21NO3. The summed E-state index contributed by atoms with van der Waals surface area (Å²) in [6.07, 6.45) is 3.19. The van der Waals surface area contributed by atoms with Gasteiger partial charge in [-0.1, -0.05) is 25.8 Å². The Kier molecular flexibility index (Phi) is 5.49. The highest BCUT2D eigenvalue weighted by molar-refractivity contribution is 5.97. The van der Waals surface area contributed by atoms with Gasteiger partial charge in [0.05, 0.1) is 12.7 Å². The van der Waals surface area contributed by atoms with E-state index in [1.807, 2.05) is 0 Å². The number of ether oxygens (including phenoxy) is 1. The Morgan fingerprint density at radius 2 is 2.11 bits per heavy atom. The molecule has 0 aromatic heterocycles. The Labute approximate surface area is 108 Å². The van der Waals surface area contributed by atoms with Crippen LogP contribution in [0.3, 0.4) is 0 Å². The summed E-state index contributed by atoms with van der Waals surface area (Å²) in [7, 11) is 3.21. The van der Waals surface area contributed by atoms with Crippen molar-refractivity contribution in [3.05, 3.63) is 23.8 Å². The number of amides is 1. The molecule has 0 bridgehead atoms. The van der Waals surface area contributed by atoms with Crippen LogP contribution in [0.1, 0.15) is 36.5 Å². The average molecular weight is 251 g/mol. The minimum atomic E-state index is -0.178. The second kappa shape index (κ2) is 6.89. The molecule has 0 atom stereocenters. The zero-order chi connectivity index (χ0) is 13.5. The van der Waals surface area contributed by atoms with Crippen LogP contribution < -0.4 is 4.74 Å². The van der Waals surface area contributed by atoms with Gasteiger partial charge in [-0.3, -0.25) is 4.79 Å². The van der Waals surface area contributed by atoms with E-state index < -0.39 is 0 Å². The fourth-order valence-electron chi connectivity index (χ4n) is 1.77. The number of phenolic OH excluding ortho intramolecular Hbond substituents is 1. The highest BCUT2D eigenvalue weighted by Gasteiger charge is 2.17. The lowest BCUT2D eigenvalue weighted by Crippen LogP contribution is -2.27. The number of phenols is 1. The molecule has 1 aromatic rings. The van der Waals surface area contributed by atoms with Crippen molar-refractivity contribution in [1.29, 1.82) is 0 Å². The van der Waals surface area contributed by atoms with Crippen molar-refractivity contribution in [3.63, 3.8) is 0 Å². The second-order valence-electron chi connectivity index (χ2n) is 4.29. The highest BCUT2D eigenvalue weighted by Crippen LogP contribution is 2.29. The molecule has 0 saturated heterocycles. The molecule has 18 heavy (non-hydrogen) atoms. The minimum absolute atomic E-state index is 0.0904. The van der Waals surface area contributed by atoms with E-state index in [9.17, 15) is 9.90 Å². The first-order valence-corrected chi connectivity index (χ1v) is 6.23. The van der Waals surface area contributed by atoms with Crippen LogP contribution in [0.4, 0.5) is 0 Å². The van der Waals surface area contributed by atoms with Gasteiger partial charge in [-0.05, 0) is 18.6 Å². The maximum absolute atomic E-state index is 12.1. The Morgan fingerprint density at radius 3 is 2.72 bits per heavy atom. The number of carbonyl (C=O) groups excluding carboxylic acids is 1. The van der Waals surface area contributed by atoms with Crippen molar-refractivity contribution in [2.24, 2.45) is 0 Å². The summed E-state index contributed by atoms with van der Waals surface area (Å²) in [6, 6.07) is 4.94. The zero-order valence-corrected chi connectivity index (χ0v) is 11.3. The number of unbranched alkanes of at least 4 members (excludes halogenated alkanes) is 2. The SMILES string of the molecule is CCCCCN(C)C(=O)c1cccc(OC)c1O. The lowest BCUT2D eigenvalue weighted by molar-refractivity contribution is 0.0789. The van der Waals surface area contributed by atoms with Gasteiger partial charge >= 0.3 is 0 Å². The maximum Gasteiger partial charge on any atom is 0.257 e. The molecule has 0 fully saturated rings. The quantitative estimate of drug-likeness (QED) is 0.791. The molecule has 4 nitrogen and oxygen atoms in total. The summed E-state index contributed by atoms with van der Waals surface area (Å²) < 4.78 is 4.99. The molecule has 0 aliphatic heterocycles. The van der Waals surface area contributed by atoms with E-state index in [0.717, 1.165) is 19.3 Å². The van der Waals surface area contributed by atoms with Gasteiger partial charge in [0.15, 0.2) is 11.5 Å². The maximum atomic E-state index is 12.1. The molecule has 1 amide bonds. The molecular weight excluding hydrogens is 230 g/mol. The lowest BCUT2D eigenvalue weighted by atomic mass is 10.1. The smallest absolute Gasteiger partial charge is 0.257 e. The first-order chi connectivity index (χ1) is 8.61. The number of para-hydroxylation sites is 1. The number of benzene rings is 1. The fraction of sp³-hybridized carbons (Fsp3) is 0.500. The number of methoxy groups -OCH3 is 1. The summed E-state index contributed by atoms with van der Waals surface area (Å²) in [5, 5.41) is 9.91. The van der Waals surface area contributed by atoms with Crippen molar-refractivity contribution < 1.29 is 14.6 Å². The Bertz CT molecular complexity index is 404. The van der Waals surface area contributed by atoms with E-state index in [-0.39, 0.29) is 17.2 Å². The van der Waals surface area contributed by atoms with E-state index in [1.54, 1.807) is 30.1 Å². The van der Waals surface area contributed by atoms with Crippen molar-refractivity contribution in [3.8, 4) is 11.5 Å². The predicted octanol–water partition coefficient (Wildman–Crippen LogP) is 2.66. The standard InChI is InChI=1S/C14H21NO3/c1-4-5-6-10-15(2)14(17)11-8-7-9-12(18-3)13(11)16/h7-9,16H,4-6,10H2,1-3H3. The molecule has 1 rings (SSSR count). The van der Waals surface area contributed by atoms with Crippen LogP contribution in [-0.2, 0) is 0 Å². The van der Waals surface area contributed by atoms with Crippen LogP contribution in [0, 0.1) is 0 Å². The highest BCUT2D eigenvalue weighted by atomic mass is 16.5. The first kappa shape index (κ1) is 14.4. The molecule has 1 aromatic carbocycles. The molecule has 0 saturated carbocycles. The molecule has 0 unspecified atom stereocenters.